The number of carboxylic acid groups (broad SMARTS) is 1. The van der Waals surface area contributed by atoms with Gasteiger partial charge in [-0.1, -0.05) is 0 Å². The molecular weight excluding hydrogens is 238 g/mol. The summed E-state index contributed by atoms with van der Waals surface area (Å²) in [5.41, 5.74) is -0.160. The van der Waals surface area contributed by atoms with Gasteiger partial charge in [0.2, 0.25) is 0 Å². The Labute approximate surface area is 102 Å². The number of ether oxygens (including phenoxy) is 1. The van der Waals surface area contributed by atoms with Crippen molar-refractivity contribution in [1.82, 2.24) is 14.8 Å². The molecule has 0 aromatic carbocycles. The highest BCUT2D eigenvalue weighted by Gasteiger charge is 2.18. The number of rotatable bonds is 3. The van der Waals surface area contributed by atoms with Gasteiger partial charge < -0.3 is 9.84 Å². The number of nitrogens with zero attached hydrogens (tertiary/aromatic N) is 3. The van der Waals surface area contributed by atoms with Crippen molar-refractivity contribution in [2.75, 3.05) is 0 Å². The van der Waals surface area contributed by atoms with Gasteiger partial charge in [0.1, 0.15) is 11.4 Å². The minimum atomic E-state index is -1.20. The zero-order valence-electron chi connectivity index (χ0n) is 9.40. The van der Waals surface area contributed by atoms with Crippen molar-refractivity contribution in [3.8, 4) is 5.75 Å². The molecule has 0 spiro atoms. The van der Waals surface area contributed by atoms with E-state index in [1.807, 2.05) is 0 Å². The van der Waals surface area contributed by atoms with Crippen LogP contribution in [-0.4, -0.2) is 31.8 Å². The van der Waals surface area contributed by atoms with E-state index < -0.39 is 11.9 Å². The third kappa shape index (κ3) is 2.34. The van der Waals surface area contributed by atoms with Crippen LogP contribution in [0, 0.1) is 0 Å². The maximum atomic E-state index is 11.8. The van der Waals surface area contributed by atoms with Crippen LogP contribution in [-0.2, 0) is 7.05 Å². The Balaban J connectivity index is 2.22. The molecule has 7 nitrogen and oxygen atoms in total. The van der Waals surface area contributed by atoms with Gasteiger partial charge in [-0.15, -0.1) is 0 Å². The van der Waals surface area contributed by atoms with Crippen LogP contribution in [0.2, 0.25) is 0 Å². The molecule has 2 aromatic rings. The number of esters is 1. The number of aromatic carboxylic acids is 1. The second kappa shape index (κ2) is 4.66. The van der Waals surface area contributed by atoms with Crippen molar-refractivity contribution in [2.45, 2.75) is 0 Å². The van der Waals surface area contributed by atoms with Crippen LogP contribution in [0.4, 0.5) is 0 Å². The predicted octanol–water partition coefficient (Wildman–Crippen LogP) is 0.732. The number of carbonyl (C=O) groups excluding carboxylic acids is 1. The molecular formula is C11H9N3O4. The van der Waals surface area contributed by atoms with Crippen molar-refractivity contribution in [1.29, 1.82) is 0 Å². The lowest BCUT2D eigenvalue weighted by atomic mass is 10.3. The summed E-state index contributed by atoms with van der Waals surface area (Å²) in [5, 5.41) is 12.4. The van der Waals surface area contributed by atoms with E-state index in [1.165, 1.54) is 13.2 Å². The molecule has 2 rings (SSSR count). The quantitative estimate of drug-likeness (QED) is 0.803. The van der Waals surface area contributed by atoms with Crippen LogP contribution >= 0.6 is 0 Å². The Hall–Kier alpha value is -2.70. The number of hydrogen-bond acceptors (Lipinski definition) is 5. The SMILES string of the molecule is Cn1nc(C(=O)O)cc1C(=O)Oc1cccnc1. The van der Waals surface area contributed by atoms with E-state index in [-0.39, 0.29) is 17.1 Å². The van der Waals surface area contributed by atoms with Crippen molar-refractivity contribution >= 4 is 11.9 Å². The summed E-state index contributed by atoms with van der Waals surface area (Å²) in [4.78, 5) is 26.3. The molecule has 0 fully saturated rings. The summed E-state index contributed by atoms with van der Waals surface area (Å²) < 4.78 is 6.17. The molecule has 7 heteroatoms. The fourth-order valence-corrected chi connectivity index (χ4v) is 1.33. The van der Waals surface area contributed by atoms with Crippen molar-refractivity contribution in [2.24, 2.45) is 7.05 Å². The van der Waals surface area contributed by atoms with Crippen molar-refractivity contribution in [3.05, 3.63) is 42.0 Å². The molecule has 0 atom stereocenters. The van der Waals surface area contributed by atoms with Crippen molar-refractivity contribution in [3.63, 3.8) is 0 Å². The summed E-state index contributed by atoms with van der Waals surface area (Å²) in [6.07, 6.45) is 2.93. The Morgan fingerprint density at radius 2 is 2.22 bits per heavy atom. The van der Waals surface area contributed by atoms with Gasteiger partial charge in [-0.2, -0.15) is 5.10 Å². The molecule has 0 amide bonds. The largest absolute Gasteiger partial charge is 0.476 e. The standard InChI is InChI=1S/C11H9N3O4/c1-14-9(5-8(13-14)10(15)16)11(17)18-7-3-2-4-12-6-7/h2-6H,1H3,(H,15,16). The second-order valence-electron chi connectivity index (χ2n) is 3.42. The van der Waals surface area contributed by atoms with Gasteiger partial charge in [-0.3, -0.25) is 9.67 Å². The van der Waals surface area contributed by atoms with E-state index in [0.717, 1.165) is 10.7 Å². The Kier molecular flexibility index (Phi) is 3.05. The Bertz CT molecular complexity index is 592. The molecule has 0 bridgehead atoms. The first-order chi connectivity index (χ1) is 8.58. The first kappa shape index (κ1) is 11.8. The van der Waals surface area contributed by atoms with E-state index >= 15 is 0 Å². The highest BCUT2D eigenvalue weighted by Crippen LogP contribution is 2.11. The van der Waals surface area contributed by atoms with Gasteiger partial charge in [-0.05, 0) is 12.1 Å². The topological polar surface area (TPSA) is 94.3 Å². The third-order valence-corrected chi connectivity index (χ3v) is 2.15. The van der Waals surface area contributed by atoms with E-state index in [0.29, 0.717) is 0 Å². The fourth-order valence-electron chi connectivity index (χ4n) is 1.33. The van der Waals surface area contributed by atoms with Gasteiger partial charge in [0.25, 0.3) is 0 Å². The number of aromatic nitrogens is 3. The normalized spacial score (nSPS) is 10.1. The molecule has 0 unspecified atom stereocenters. The average Bonchev–Trinajstić information content (AvgIpc) is 2.73. The van der Waals surface area contributed by atoms with Gasteiger partial charge >= 0.3 is 11.9 Å². The molecule has 0 saturated heterocycles. The lowest BCUT2D eigenvalue weighted by Crippen LogP contribution is -2.13. The molecule has 0 radical (unpaired) electrons. The van der Waals surface area contributed by atoms with E-state index in [2.05, 4.69) is 10.1 Å². The summed E-state index contributed by atoms with van der Waals surface area (Å²) >= 11 is 0. The first-order valence-electron chi connectivity index (χ1n) is 4.97. The van der Waals surface area contributed by atoms with Gasteiger partial charge in [0.05, 0.1) is 6.20 Å². The maximum Gasteiger partial charge on any atom is 0.362 e. The smallest absolute Gasteiger partial charge is 0.362 e. The lowest BCUT2D eigenvalue weighted by molar-refractivity contribution is 0.0687. The zero-order valence-corrected chi connectivity index (χ0v) is 9.40. The van der Waals surface area contributed by atoms with E-state index in [4.69, 9.17) is 9.84 Å². The number of aryl methyl sites for hydroxylation is 1. The van der Waals surface area contributed by atoms with Crippen LogP contribution in [0.25, 0.3) is 0 Å². The van der Waals surface area contributed by atoms with Crippen LogP contribution in [0.5, 0.6) is 5.75 Å². The van der Waals surface area contributed by atoms with Gasteiger partial charge in [-0.25, -0.2) is 9.59 Å². The molecule has 1 N–H and O–H groups in total. The van der Waals surface area contributed by atoms with Crippen LogP contribution in [0.15, 0.2) is 30.6 Å². The maximum absolute atomic E-state index is 11.8. The Morgan fingerprint density at radius 1 is 1.44 bits per heavy atom. The summed E-state index contributed by atoms with van der Waals surface area (Å²) in [7, 11) is 1.46. The highest BCUT2D eigenvalue weighted by molar-refractivity contribution is 5.93. The summed E-state index contributed by atoms with van der Waals surface area (Å²) in [5.74, 6) is -1.61. The zero-order chi connectivity index (χ0) is 13.1. The van der Waals surface area contributed by atoms with Gasteiger partial charge in [0.15, 0.2) is 5.69 Å². The minimum Gasteiger partial charge on any atom is -0.476 e. The molecule has 2 heterocycles. The monoisotopic (exact) mass is 247 g/mol. The third-order valence-electron chi connectivity index (χ3n) is 2.15. The lowest BCUT2D eigenvalue weighted by Gasteiger charge is -2.02. The second-order valence-corrected chi connectivity index (χ2v) is 3.42. The molecule has 92 valence electrons. The van der Waals surface area contributed by atoms with Crippen LogP contribution < -0.4 is 4.74 Å². The van der Waals surface area contributed by atoms with Gasteiger partial charge in [0, 0.05) is 19.3 Å². The summed E-state index contributed by atoms with van der Waals surface area (Å²) in [6.45, 7) is 0. The number of carboxylic acids is 1. The minimum absolute atomic E-state index is 0.0521. The average molecular weight is 247 g/mol. The van der Waals surface area contributed by atoms with Crippen molar-refractivity contribution < 1.29 is 19.4 Å². The number of pyridine rings is 1. The first-order valence-corrected chi connectivity index (χ1v) is 4.97. The molecule has 0 aliphatic rings. The van der Waals surface area contributed by atoms with E-state index in [1.54, 1.807) is 18.3 Å². The van der Waals surface area contributed by atoms with E-state index in [9.17, 15) is 9.59 Å². The molecule has 0 aliphatic carbocycles. The Morgan fingerprint density at radius 3 is 2.78 bits per heavy atom. The molecule has 0 aliphatic heterocycles. The molecule has 0 saturated carbocycles. The summed E-state index contributed by atoms with van der Waals surface area (Å²) in [6, 6.07) is 4.34. The number of hydrogen-bond donors (Lipinski definition) is 1. The highest BCUT2D eigenvalue weighted by atomic mass is 16.5. The number of carbonyl (C=O) groups is 2. The van der Waals surface area contributed by atoms with Crippen LogP contribution in [0.3, 0.4) is 0 Å². The molecule has 18 heavy (non-hydrogen) atoms. The van der Waals surface area contributed by atoms with Crippen LogP contribution in [0.1, 0.15) is 21.0 Å². The predicted molar refractivity (Wildman–Crippen MR) is 59.4 cm³/mol. The fraction of sp³-hybridized carbons (Fsp3) is 0.0909. The molecule has 2 aromatic heterocycles.